The molecule has 1 N–H and O–H groups in total. The number of halogens is 3. The van der Waals surface area contributed by atoms with Crippen molar-refractivity contribution in [1.82, 2.24) is 10.1 Å². The van der Waals surface area contributed by atoms with Crippen LogP contribution in [-0.2, 0) is 6.54 Å². The highest BCUT2D eigenvalue weighted by Crippen LogP contribution is 2.29. The Bertz CT molecular complexity index is 563. The highest BCUT2D eigenvalue weighted by molar-refractivity contribution is 9.10. The molecule has 19 heavy (non-hydrogen) atoms. The minimum atomic E-state index is -2.89. The molecule has 0 atom stereocenters. The van der Waals surface area contributed by atoms with Gasteiger partial charge in [0.15, 0.2) is 5.82 Å². The summed E-state index contributed by atoms with van der Waals surface area (Å²) in [5.41, 5.74) is 0.422. The Hall–Kier alpha value is -1.70. The first-order chi connectivity index (χ1) is 9.04. The van der Waals surface area contributed by atoms with Gasteiger partial charge >= 0.3 is 6.61 Å². The molecular formula is C11H10BrF2N3O2. The predicted octanol–water partition coefficient (Wildman–Crippen LogP) is 3.35. The standard InChI is InChI=1S/C11H10BrF2N3O2/c1-6-16-10(17-19-6)5-15-8-3-2-7(12)4-9(8)18-11(13)14/h2-4,11,15H,5H2,1H3. The predicted molar refractivity (Wildman–Crippen MR) is 67.1 cm³/mol. The molecule has 2 rings (SSSR count). The summed E-state index contributed by atoms with van der Waals surface area (Å²) in [6.07, 6.45) is 0. The third-order valence-electron chi connectivity index (χ3n) is 2.17. The molecule has 0 amide bonds. The van der Waals surface area contributed by atoms with Crippen LogP contribution in [0.2, 0.25) is 0 Å². The summed E-state index contributed by atoms with van der Waals surface area (Å²) in [6, 6.07) is 4.78. The first-order valence-corrected chi connectivity index (χ1v) is 6.11. The van der Waals surface area contributed by atoms with Crippen LogP contribution in [-0.4, -0.2) is 16.8 Å². The van der Waals surface area contributed by atoms with Crippen molar-refractivity contribution in [2.45, 2.75) is 20.1 Å². The van der Waals surface area contributed by atoms with Crippen LogP contribution >= 0.6 is 15.9 Å². The molecule has 0 bridgehead atoms. The molecule has 0 spiro atoms. The maximum absolute atomic E-state index is 12.3. The Labute approximate surface area is 116 Å². The lowest BCUT2D eigenvalue weighted by Gasteiger charge is -2.11. The van der Waals surface area contributed by atoms with E-state index >= 15 is 0 Å². The van der Waals surface area contributed by atoms with E-state index in [2.05, 4.69) is 36.1 Å². The van der Waals surface area contributed by atoms with Gasteiger partial charge in [-0.05, 0) is 18.2 Å². The van der Waals surface area contributed by atoms with Crippen molar-refractivity contribution in [3.05, 3.63) is 34.4 Å². The van der Waals surface area contributed by atoms with Gasteiger partial charge in [-0.15, -0.1) is 0 Å². The van der Waals surface area contributed by atoms with Crippen molar-refractivity contribution in [3.63, 3.8) is 0 Å². The SMILES string of the molecule is Cc1nc(CNc2ccc(Br)cc2OC(F)F)no1. The number of hydrogen-bond donors (Lipinski definition) is 1. The lowest BCUT2D eigenvalue weighted by atomic mass is 10.3. The molecule has 0 unspecified atom stereocenters. The Morgan fingerprint density at radius 2 is 2.26 bits per heavy atom. The van der Waals surface area contributed by atoms with Gasteiger partial charge in [-0.1, -0.05) is 21.1 Å². The first kappa shape index (κ1) is 13.7. The minimum Gasteiger partial charge on any atom is -0.433 e. The zero-order chi connectivity index (χ0) is 13.8. The lowest BCUT2D eigenvalue weighted by molar-refractivity contribution is -0.0494. The molecule has 0 aliphatic rings. The summed E-state index contributed by atoms with van der Waals surface area (Å²) in [4.78, 5) is 4.00. The smallest absolute Gasteiger partial charge is 0.387 e. The van der Waals surface area contributed by atoms with Gasteiger partial charge < -0.3 is 14.6 Å². The van der Waals surface area contributed by atoms with E-state index < -0.39 is 6.61 Å². The molecule has 1 aromatic carbocycles. The summed E-state index contributed by atoms with van der Waals surface area (Å²) in [5, 5.41) is 6.60. The van der Waals surface area contributed by atoms with Crippen molar-refractivity contribution >= 4 is 21.6 Å². The molecule has 1 heterocycles. The van der Waals surface area contributed by atoms with Gasteiger partial charge in [-0.25, -0.2) is 0 Å². The van der Waals surface area contributed by atoms with Gasteiger partial charge in [0.25, 0.3) is 0 Å². The number of ether oxygens (including phenoxy) is 1. The van der Waals surface area contributed by atoms with Gasteiger partial charge in [0, 0.05) is 11.4 Å². The number of hydrogen-bond acceptors (Lipinski definition) is 5. The second-order valence-corrected chi connectivity index (χ2v) is 4.52. The van der Waals surface area contributed by atoms with Gasteiger partial charge in [0.2, 0.25) is 5.89 Å². The molecule has 0 aliphatic carbocycles. The van der Waals surface area contributed by atoms with Crippen molar-refractivity contribution < 1.29 is 18.0 Å². The average molecular weight is 334 g/mol. The molecule has 0 saturated carbocycles. The molecular weight excluding hydrogens is 324 g/mol. The van der Waals surface area contributed by atoms with Crippen LogP contribution < -0.4 is 10.1 Å². The third kappa shape index (κ3) is 3.88. The Morgan fingerprint density at radius 1 is 1.47 bits per heavy atom. The summed E-state index contributed by atoms with van der Waals surface area (Å²) in [6.45, 7) is -0.970. The van der Waals surface area contributed by atoms with E-state index in [0.717, 1.165) is 0 Å². The van der Waals surface area contributed by atoms with Crippen LogP contribution in [0.3, 0.4) is 0 Å². The third-order valence-corrected chi connectivity index (χ3v) is 2.66. The lowest BCUT2D eigenvalue weighted by Crippen LogP contribution is -2.07. The van der Waals surface area contributed by atoms with Gasteiger partial charge in [-0.3, -0.25) is 0 Å². The second-order valence-electron chi connectivity index (χ2n) is 3.60. The van der Waals surface area contributed by atoms with Gasteiger partial charge in [0.05, 0.1) is 12.2 Å². The normalized spacial score (nSPS) is 10.8. The first-order valence-electron chi connectivity index (χ1n) is 5.32. The summed E-state index contributed by atoms with van der Waals surface area (Å²) >= 11 is 3.19. The van der Waals surface area contributed by atoms with E-state index in [-0.39, 0.29) is 12.3 Å². The minimum absolute atomic E-state index is 0.0459. The quantitative estimate of drug-likeness (QED) is 0.909. The molecule has 0 radical (unpaired) electrons. The van der Waals surface area contributed by atoms with Crippen LogP contribution in [0.5, 0.6) is 5.75 Å². The van der Waals surface area contributed by atoms with E-state index in [4.69, 9.17) is 4.52 Å². The number of nitrogens with one attached hydrogen (secondary N) is 1. The van der Waals surface area contributed by atoms with Crippen molar-refractivity contribution in [1.29, 1.82) is 0 Å². The van der Waals surface area contributed by atoms with Crippen LogP contribution in [0, 0.1) is 6.92 Å². The zero-order valence-electron chi connectivity index (χ0n) is 9.86. The molecule has 102 valence electrons. The van der Waals surface area contributed by atoms with Gasteiger partial charge in [-0.2, -0.15) is 13.8 Å². The van der Waals surface area contributed by atoms with Crippen molar-refractivity contribution in [3.8, 4) is 5.75 Å². The van der Waals surface area contributed by atoms with Crippen LogP contribution in [0.1, 0.15) is 11.7 Å². The highest BCUT2D eigenvalue weighted by Gasteiger charge is 2.11. The summed E-state index contributed by atoms with van der Waals surface area (Å²) in [5.74, 6) is 0.921. The Morgan fingerprint density at radius 3 is 2.89 bits per heavy atom. The van der Waals surface area contributed by atoms with Crippen LogP contribution in [0.15, 0.2) is 27.2 Å². The molecule has 0 aliphatic heterocycles. The zero-order valence-corrected chi connectivity index (χ0v) is 11.4. The maximum Gasteiger partial charge on any atom is 0.387 e. The Kier molecular flexibility index (Phi) is 4.31. The summed E-state index contributed by atoms with van der Waals surface area (Å²) in [7, 11) is 0. The van der Waals surface area contributed by atoms with Crippen molar-refractivity contribution in [2.75, 3.05) is 5.32 Å². The number of aryl methyl sites for hydroxylation is 1. The van der Waals surface area contributed by atoms with Crippen LogP contribution in [0.4, 0.5) is 14.5 Å². The van der Waals surface area contributed by atoms with Crippen LogP contribution in [0.25, 0.3) is 0 Å². The van der Waals surface area contributed by atoms with E-state index in [0.29, 0.717) is 21.9 Å². The fourth-order valence-corrected chi connectivity index (χ4v) is 1.76. The van der Waals surface area contributed by atoms with E-state index in [1.54, 1.807) is 19.1 Å². The number of rotatable bonds is 5. The Balaban J connectivity index is 2.10. The molecule has 1 aromatic heterocycles. The topological polar surface area (TPSA) is 60.2 Å². The van der Waals surface area contributed by atoms with E-state index in [1.165, 1.54) is 6.07 Å². The second kappa shape index (κ2) is 5.96. The molecule has 0 fully saturated rings. The molecule has 2 aromatic rings. The maximum atomic E-state index is 12.3. The fraction of sp³-hybridized carbons (Fsp3) is 0.273. The number of aromatic nitrogens is 2. The molecule has 8 heteroatoms. The summed E-state index contributed by atoms with van der Waals surface area (Å²) < 4.78 is 34.5. The number of benzene rings is 1. The molecule has 5 nitrogen and oxygen atoms in total. The van der Waals surface area contributed by atoms with Crippen molar-refractivity contribution in [2.24, 2.45) is 0 Å². The fourth-order valence-electron chi connectivity index (χ4n) is 1.42. The largest absolute Gasteiger partial charge is 0.433 e. The molecule has 0 saturated heterocycles. The van der Waals surface area contributed by atoms with E-state index in [9.17, 15) is 8.78 Å². The highest BCUT2D eigenvalue weighted by atomic mass is 79.9. The number of anilines is 1. The monoisotopic (exact) mass is 333 g/mol. The average Bonchev–Trinajstić information content (AvgIpc) is 2.73. The van der Waals surface area contributed by atoms with E-state index in [1.807, 2.05) is 0 Å². The number of alkyl halides is 2. The van der Waals surface area contributed by atoms with Gasteiger partial charge in [0.1, 0.15) is 5.75 Å². The number of nitrogens with zero attached hydrogens (tertiary/aromatic N) is 2.